The molecular formula is C28H31N3O5. The number of benzene rings is 3. The fourth-order valence-electron chi connectivity index (χ4n) is 3.77. The molecule has 3 aromatic carbocycles. The van der Waals surface area contributed by atoms with Crippen LogP contribution in [0, 0.1) is 0 Å². The summed E-state index contributed by atoms with van der Waals surface area (Å²) < 4.78 is 17.0. The van der Waals surface area contributed by atoms with Crippen LogP contribution in [-0.4, -0.2) is 50.8 Å². The summed E-state index contributed by atoms with van der Waals surface area (Å²) >= 11 is 0. The minimum Gasteiger partial charge on any atom is -0.490 e. The molecule has 8 nitrogen and oxygen atoms in total. The van der Waals surface area contributed by atoms with Crippen LogP contribution in [0.15, 0.2) is 78.9 Å². The number of ether oxygens (including phenoxy) is 3. The molecule has 188 valence electrons. The maximum Gasteiger partial charge on any atom is 0.251 e. The van der Waals surface area contributed by atoms with Crippen molar-refractivity contribution in [1.29, 1.82) is 0 Å². The van der Waals surface area contributed by atoms with Crippen LogP contribution < -0.4 is 25.4 Å². The first-order valence-electron chi connectivity index (χ1n) is 12.1. The van der Waals surface area contributed by atoms with E-state index in [0.29, 0.717) is 42.4 Å². The van der Waals surface area contributed by atoms with E-state index in [1.165, 1.54) is 0 Å². The molecule has 1 unspecified atom stereocenters. The standard InChI is InChI=1S/C28H31N3O5/c32-27(31-22-14-12-21(13-15-22)28(33)30-19-24-9-6-16-34-24)20-29-25-10-4-5-11-26(25)36-18-17-35-23-7-2-1-3-8-23/h1-5,7-8,10-15,24,29H,6,9,16-20H2,(H,30,33)(H,31,32). The molecule has 1 heterocycles. The topological polar surface area (TPSA) is 97.9 Å². The maximum atomic E-state index is 12.5. The van der Waals surface area contributed by atoms with Crippen molar-refractivity contribution in [3.8, 4) is 11.5 Å². The van der Waals surface area contributed by atoms with E-state index in [-0.39, 0.29) is 24.5 Å². The monoisotopic (exact) mass is 489 g/mol. The third-order valence-corrected chi connectivity index (χ3v) is 5.62. The van der Waals surface area contributed by atoms with Crippen LogP contribution >= 0.6 is 0 Å². The fraction of sp³-hybridized carbons (Fsp3) is 0.286. The molecule has 1 atom stereocenters. The summed E-state index contributed by atoms with van der Waals surface area (Å²) in [6.45, 7) is 2.10. The molecule has 4 rings (SSSR count). The Bertz CT molecular complexity index is 1120. The van der Waals surface area contributed by atoms with Crippen molar-refractivity contribution < 1.29 is 23.8 Å². The summed E-state index contributed by atoms with van der Waals surface area (Å²) in [5, 5.41) is 8.83. The van der Waals surface area contributed by atoms with Crippen LogP contribution in [0.1, 0.15) is 23.2 Å². The number of hydrogen-bond acceptors (Lipinski definition) is 6. The number of amides is 2. The Kier molecular flexibility index (Phi) is 9.16. The first-order chi connectivity index (χ1) is 17.7. The number of para-hydroxylation sites is 3. The highest BCUT2D eigenvalue weighted by Gasteiger charge is 2.16. The molecule has 3 aromatic rings. The Morgan fingerprint density at radius 1 is 0.889 bits per heavy atom. The molecule has 0 radical (unpaired) electrons. The Labute approximate surface area is 211 Å². The first-order valence-corrected chi connectivity index (χ1v) is 12.1. The zero-order valence-electron chi connectivity index (χ0n) is 20.1. The van der Waals surface area contributed by atoms with Gasteiger partial charge in [-0.25, -0.2) is 0 Å². The lowest BCUT2D eigenvalue weighted by Gasteiger charge is -2.14. The van der Waals surface area contributed by atoms with E-state index >= 15 is 0 Å². The van der Waals surface area contributed by atoms with Crippen molar-refractivity contribution >= 4 is 23.2 Å². The van der Waals surface area contributed by atoms with E-state index in [1.54, 1.807) is 24.3 Å². The molecule has 8 heteroatoms. The van der Waals surface area contributed by atoms with Crippen LogP contribution in [0.2, 0.25) is 0 Å². The molecule has 0 spiro atoms. The third-order valence-electron chi connectivity index (χ3n) is 5.62. The average molecular weight is 490 g/mol. The van der Waals surface area contributed by atoms with E-state index in [2.05, 4.69) is 16.0 Å². The van der Waals surface area contributed by atoms with Gasteiger partial charge in [0.05, 0.1) is 18.3 Å². The lowest BCUT2D eigenvalue weighted by molar-refractivity contribution is -0.114. The molecule has 36 heavy (non-hydrogen) atoms. The second kappa shape index (κ2) is 13.2. The van der Waals surface area contributed by atoms with Crippen LogP contribution in [0.25, 0.3) is 0 Å². The summed E-state index contributed by atoms with van der Waals surface area (Å²) in [7, 11) is 0. The molecule has 1 aliphatic heterocycles. The number of carbonyl (C=O) groups excluding carboxylic acids is 2. The van der Waals surface area contributed by atoms with Gasteiger partial charge in [-0.3, -0.25) is 9.59 Å². The number of rotatable bonds is 12. The molecule has 1 saturated heterocycles. The zero-order valence-corrected chi connectivity index (χ0v) is 20.1. The third kappa shape index (κ3) is 7.74. The second-order valence-electron chi connectivity index (χ2n) is 8.33. The predicted molar refractivity (Wildman–Crippen MR) is 139 cm³/mol. The van der Waals surface area contributed by atoms with Crippen LogP contribution in [0.3, 0.4) is 0 Å². The SMILES string of the molecule is O=C(CNc1ccccc1OCCOc1ccccc1)Nc1ccc(C(=O)NCC2CCCO2)cc1. The highest BCUT2D eigenvalue weighted by Crippen LogP contribution is 2.23. The van der Waals surface area contributed by atoms with E-state index < -0.39 is 0 Å². The lowest BCUT2D eigenvalue weighted by Crippen LogP contribution is -2.31. The minimum absolute atomic E-state index is 0.0600. The summed E-state index contributed by atoms with van der Waals surface area (Å²) in [6, 6.07) is 23.8. The van der Waals surface area contributed by atoms with E-state index in [4.69, 9.17) is 14.2 Å². The van der Waals surface area contributed by atoms with Crippen molar-refractivity contribution in [2.24, 2.45) is 0 Å². The van der Waals surface area contributed by atoms with Gasteiger partial charge < -0.3 is 30.2 Å². The van der Waals surface area contributed by atoms with Crippen molar-refractivity contribution in [2.75, 3.05) is 43.5 Å². The average Bonchev–Trinajstić information content (AvgIpc) is 3.44. The Balaban J connectivity index is 1.19. The number of carbonyl (C=O) groups is 2. The quantitative estimate of drug-likeness (QED) is 0.332. The van der Waals surface area contributed by atoms with E-state index in [1.807, 2.05) is 54.6 Å². The van der Waals surface area contributed by atoms with Crippen LogP contribution in [0.5, 0.6) is 11.5 Å². The van der Waals surface area contributed by atoms with Gasteiger partial charge in [0, 0.05) is 24.4 Å². The van der Waals surface area contributed by atoms with E-state index in [9.17, 15) is 9.59 Å². The fourth-order valence-corrected chi connectivity index (χ4v) is 3.77. The molecule has 0 saturated carbocycles. The van der Waals surface area contributed by atoms with Crippen molar-refractivity contribution in [3.05, 3.63) is 84.4 Å². The smallest absolute Gasteiger partial charge is 0.251 e. The molecule has 2 amide bonds. The normalized spacial score (nSPS) is 14.6. The summed E-state index contributed by atoms with van der Waals surface area (Å²) in [6.07, 6.45) is 2.10. The highest BCUT2D eigenvalue weighted by molar-refractivity contribution is 5.96. The Morgan fingerprint density at radius 2 is 1.64 bits per heavy atom. The number of anilines is 2. The van der Waals surface area contributed by atoms with Gasteiger partial charge >= 0.3 is 0 Å². The van der Waals surface area contributed by atoms with Crippen molar-refractivity contribution in [1.82, 2.24) is 5.32 Å². The van der Waals surface area contributed by atoms with Crippen molar-refractivity contribution in [2.45, 2.75) is 18.9 Å². The van der Waals surface area contributed by atoms with Gasteiger partial charge in [-0.15, -0.1) is 0 Å². The van der Waals surface area contributed by atoms with E-state index in [0.717, 1.165) is 25.2 Å². The molecule has 0 aromatic heterocycles. The summed E-state index contributed by atoms with van der Waals surface area (Å²) in [5.41, 5.74) is 1.86. The summed E-state index contributed by atoms with van der Waals surface area (Å²) in [4.78, 5) is 24.8. The zero-order chi connectivity index (χ0) is 25.0. The molecule has 3 N–H and O–H groups in total. The molecule has 1 fully saturated rings. The van der Waals surface area contributed by atoms with Crippen LogP contribution in [0.4, 0.5) is 11.4 Å². The predicted octanol–water partition coefficient (Wildman–Crippen LogP) is 4.10. The van der Waals surface area contributed by atoms with Gasteiger partial charge in [-0.05, 0) is 61.4 Å². The largest absolute Gasteiger partial charge is 0.490 e. The number of nitrogens with one attached hydrogen (secondary N) is 3. The first kappa shape index (κ1) is 25.1. The highest BCUT2D eigenvalue weighted by atomic mass is 16.5. The van der Waals surface area contributed by atoms with Gasteiger partial charge in [-0.1, -0.05) is 30.3 Å². The Morgan fingerprint density at radius 3 is 2.42 bits per heavy atom. The maximum absolute atomic E-state index is 12.5. The summed E-state index contributed by atoms with van der Waals surface area (Å²) in [5.74, 6) is 1.06. The Hall–Kier alpha value is -4.04. The van der Waals surface area contributed by atoms with Gasteiger partial charge in [0.15, 0.2) is 0 Å². The van der Waals surface area contributed by atoms with Crippen molar-refractivity contribution in [3.63, 3.8) is 0 Å². The molecule has 0 bridgehead atoms. The van der Waals surface area contributed by atoms with Gasteiger partial charge in [0.2, 0.25) is 5.91 Å². The molecular weight excluding hydrogens is 458 g/mol. The molecule has 1 aliphatic rings. The van der Waals surface area contributed by atoms with Gasteiger partial charge in [0.1, 0.15) is 24.7 Å². The van der Waals surface area contributed by atoms with Gasteiger partial charge in [-0.2, -0.15) is 0 Å². The molecule has 0 aliphatic carbocycles. The lowest BCUT2D eigenvalue weighted by atomic mass is 10.2. The number of hydrogen-bond donors (Lipinski definition) is 3. The van der Waals surface area contributed by atoms with Crippen LogP contribution in [-0.2, 0) is 9.53 Å². The minimum atomic E-state index is -0.215. The second-order valence-corrected chi connectivity index (χ2v) is 8.33. The van der Waals surface area contributed by atoms with Gasteiger partial charge in [0.25, 0.3) is 5.91 Å².